The number of nitrogens with zero attached hydrogens (tertiary/aromatic N) is 2. The van der Waals surface area contributed by atoms with E-state index in [4.69, 9.17) is 4.84 Å². The zero-order valence-electron chi connectivity index (χ0n) is 11.5. The van der Waals surface area contributed by atoms with Crippen LogP contribution in [0.25, 0.3) is 0 Å². The Morgan fingerprint density at radius 1 is 1.32 bits per heavy atom. The van der Waals surface area contributed by atoms with Crippen LogP contribution in [0, 0.1) is 4.91 Å². The number of hydroxylamine groups is 1. The summed E-state index contributed by atoms with van der Waals surface area (Å²) in [5.41, 5.74) is 5.19. The predicted molar refractivity (Wildman–Crippen MR) is 74.0 cm³/mol. The van der Waals surface area contributed by atoms with Crippen molar-refractivity contribution in [1.29, 1.82) is 0 Å². The molecule has 0 amide bonds. The summed E-state index contributed by atoms with van der Waals surface area (Å²) >= 11 is 0. The molecule has 0 atom stereocenters. The quantitative estimate of drug-likeness (QED) is 0.707. The zero-order valence-corrected chi connectivity index (χ0v) is 11.5. The molecule has 0 unspecified atom stereocenters. The Balaban J connectivity index is 2.14. The van der Waals surface area contributed by atoms with E-state index in [1.54, 1.807) is 7.05 Å². The van der Waals surface area contributed by atoms with Crippen LogP contribution in [0.3, 0.4) is 0 Å². The molecule has 6 nitrogen and oxygen atoms in total. The summed E-state index contributed by atoms with van der Waals surface area (Å²) in [4.78, 5) is 20.7. The van der Waals surface area contributed by atoms with Gasteiger partial charge >= 0.3 is 0 Å². The second-order valence-electron chi connectivity index (χ2n) is 4.73. The molecule has 19 heavy (non-hydrogen) atoms. The number of hydrogen-bond donors (Lipinski definition) is 2. The van der Waals surface area contributed by atoms with Crippen LogP contribution in [0.2, 0.25) is 0 Å². The van der Waals surface area contributed by atoms with Crippen LogP contribution in [0.15, 0.2) is 18.2 Å². The highest BCUT2D eigenvalue weighted by molar-refractivity contribution is 5.55. The maximum atomic E-state index is 10.9. The Kier molecular flexibility index (Phi) is 4.84. The number of benzene rings is 1. The predicted octanol–water partition coefficient (Wildman–Crippen LogP) is -0.432. The average Bonchev–Trinajstić information content (AvgIpc) is 2.45. The van der Waals surface area contributed by atoms with Gasteiger partial charge in [0.15, 0.2) is 0 Å². The Hall–Kier alpha value is -1.50. The molecule has 0 spiro atoms. The number of nitrogens with one attached hydrogen (secondary N) is 2. The molecule has 0 aliphatic carbocycles. The van der Waals surface area contributed by atoms with Gasteiger partial charge in [0.05, 0.1) is 12.2 Å². The lowest BCUT2D eigenvalue weighted by molar-refractivity contribution is -0.380. The first-order valence-corrected chi connectivity index (χ1v) is 6.47. The fraction of sp³-hybridized carbons (Fsp3) is 0.538. The number of likely N-dealkylation sites (N-methyl/N-ethyl adjacent to an activating group) is 1. The van der Waals surface area contributed by atoms with Crippen molar-refractivity contribution in [2.24, 2.45) is 0 Å². The van der Waals surface area contributed by atoms with Gasteiger partial charge in [-0.25, -0.2) is 5.48 Å². The van der Waals surface area contributed by atoms with Crippen LogP contribution in [-0.2, 0) is 11.4 Å². The fourth-order valence-electron chi connectivity index (χ4n) is 2.21. The van der Waals surface area contributed by atoms with Crippen LogP contribution < -0.4 is 15.6 Å². The Morgan fingerprint density at radius 2 is 2.05 bits per heavy atom. The van der Waals surface area contributed by atoms with Crippen molar-refractivity contribution in [2.45, 2.75) is 6.61 Å². The summed E-state index contributed by atoms with van der Waals surface area (Å²) in [5, 5.41) is 1.96. The molecule has 0 aromatic heterocycles. The second kappa shape index (κ2) is 6.60. The van der Waals surface area contributed by atoms with Gasteiger partial charge in [0.25, 0.3) is 5.69 Å². The zero-order chi connectivity index (χ0) is 13.7. The molecule has 1 aromatic carbocycles. The van der Waals surface area contributed by atoms with E-state index in [1.807, 2.05) is 23.4 Å². The van der Waals surface area contributed by atoms with E-state index in [9.17, 15) is 4.91 Å². The molecule has 1 aromatic rings. The summed E-state index contributed by atoms with van der Waals surface area (Å²) in [6, 6.07) is 5.81. The van der Waals surface area contributed by atoms with Gasteiger partial charge < -0.3 is 9.80 Å². The van der Waals surface area contributed by atoms with Crippen molar-refractivity contribution < 1.29 is 10.0 Å². The maximum absolute atomic E-state index is 10.9. The third-order valence-electron chi connectivity index (χ3n) is 3.44. The normalized spacial score (nSPS) is 16.6. The Labute approximate surface area is 113 Å². The molecular formula is C13H21N4O2+. The molecule has 1 aliphatic rings. The van der Waals surface area contributed by atoms with Crippen molar-refractivity contribution in [3.05, 3.63) is 28.7 Å². The number of anilines is 1. The van der Waals surface area contributed by atoms with Crippen LogP contribution in [0.5, 0.6) is 0 Å². The van der Waals surface area contributed by atoms with Gasteiger partial charge in [-0.1, -0.05) is 0 Å². The van der Waals surface area contributed by atoms with Crippen molar-refractivity contribution in [3.8, 4) is 0 Å². The molecule has 1 aliphatic heterocycles. The molecule has 1 heterocycles. The third-order valence-corrected chi connectivity index (χ3v) is 3.44. The SMILES string of the molecule is CNOCc1cc(N2CCN(C)CC2)ccc1[NH+]=O. The van der Waals surface area contributed by atoms with Crippen molar-refractivity contribution in [3.63, 3.8) is 0 Å². The molecule has 0 saturated carbocycles. The summed E-state index contributed by atoms with van der Waals surface area (Å²) in [5.74, 6) is 0. The van der Waals surface area contributed by atoms with E-state index in [1.165, 1.54) is 0 Å². The van der Waals surface area contributed by atoms with Crippen LogP contribution in [0.1, 0.15) is 5.56 Å². The largest absolute Gasteiger partial charge is 0.369 e. The van der Waals surface area contributed by atoms with Crippen molar-refractivity contribution in [2.75, 3.05) is 45.2 Å². The number of rotatable bonds is 5. The van der Waals surface area contributed by atoms with Crippen molar-refractivity contribution in [1.82, 2.24) is 10.4 Å². The molecule has 104 valence electrons. The van der Waals surface area contributed by atoms with E-state index in [0.29, 0.717) is 12.3 Å². The summed E-state index contributed by atoms with van der Waals surface area (Å²) < 4.78 is 0. The summed E-state index contributed by atoms with van der Waals surface area (Å²) in [6.45, 7) is 4.50. The fourth-order valence-corrected chi connectivity index (χ4v) is 2.21. The molecular weight excluding hydrogens is 244 g/mol. The van der Waals surface area contributed by atoms with E-state index < -0.39 is 0 Å². The lowest BCUT2D eigenvalue weighted by Crippen LogP contribution is -2.56. The van der Waals surface area contributed by atoms with Crippen molar-refractivity contribution >= 4 is 11.4 Å². The highest BCUT2D eigenvalue weighted by Gasteiger charge is 2.17. The highest BCUT2D eigenvalue weighted by Crippen LogP contribution is 2.22. The average molecular weight is 265 g/mol. The van der Waals surface area contributed by atoms with E-state index in [2.05, 4.69) is 22.3 Å². The summed E-state index contributed by atoms with van der Waals surface area (Å²) in [7, 11) is 3.84. The molecule has 1 fully saturated rings. The first-order chi connectivity index (χ1) is 9.24. The number of hydrogen-bond acceptors (Lipinski definition) is 5. The van der Waals surface area contributed by atoms with Gasteiger partial charge in [-0.15, -0.1) is 0 Å². The molecule has 6 heteroatoms. The second-order valence-corrected chi connectivity index (χ2v) is 4.73. The smallest absolute Gasteiger partial charge is 0.259 e. The Morgan fingerprint density at radius 3 is 2.68 bits per heavy atom. The van der Waals surface area contributed by atoms with E-state index >= 15 is 0 Å². The maximum Gasteiger partial charge on any atom is 0.259 e. The van der Waals surface area contributed by atoms with Gasteiger partial charge in [-0.2, -0.15) is 0 Å². The minimum atomic E-state index is 0.364. The first kappa shape index (κ1) is 13.9. The third kappa shape index (κ3) is 3.50. The van der Waals surface area contributed by atoms with Gasteiger partial charge in [-0.05, 0) is 19.2 Å². The van der Waals surface area contributed by atoms with E-state index in [-0.39, 0.29) is 0 Å². The van der Waals surface area contributed by atoms with Crippen LogP contribution in [0.4, 0.5) is 11.4 Å². The lowest BCUT2D eigenvalue weighted by Gasteiger charge is -2.34. The van der Waals surface area contributed by atoms with Gasteiger partial charge in [0.2, 0.25) is 0 Å². The Bertz CT molecular complexity index is 431. The first-order valence-electron chi connectivity index (χ1n) is 6.47. The van der Waals surface area contributed by atoms with E-state index in [0.717, 1.165) is 37.4 Å². The number of nitroso groups, excluding NO2 is 1. The minimum absolute atomic E-state index is 0.364. The van der Waals surface area contributed by atoms with Crippen LogP contribution >= 0.6 is 0 Å². The van der Waals surface area contributed by atoms with Crippen LogP contribution in [-0.4, -0.2) is 45.2 Å². The van der Waals surface area contributed by atoms with Gasteiger partial charge in [-0.3, -0.25) is 4.84 Å². The van der Waals surface area contributed by atoms with Gasteiger partial charge in [0, 0.05) is 55.1 Å². The molecule has 0 radical (unpaired) electrons. The highest BCUT2D eigenvalue weighted by atomic mass is 16.6. The molecule has 2 N–H and O–H groups in total. The standard InChI is InChI=1S/C13H20N4O2/c1-14-19-10-11-9-12(3-4-13(11)15-18)17-7-5-16(2)6-8-17/h3-4,9,14H,5-8,10H2,1-2H3/p+1. The monoisotopic (exact) mass is 265 g/mol. The minimum Gasteiger partial charge on any atom is -0.369 e. The molecule has 0 bridgehead atoms. The van der Waals surface area contributed by atoms with Gasteiger partial charge in [0.1, 0.15) is 0 Å². The number of piperazine rings is 1. The molecule has 2 rings (SSSR count). The topological polar surface area (TPSA) is 58.8 Å². The molecule has 1 saturated heterocycles. The lowest BCUT2D eigenvalue weighted by atomic mass is 10.1. The summed E-state index contributed by atoms with van der Waals surface area (Å²) in [6.07, 6.45) is 0.